The first kappa shape index (κ1) is 13.5. The largest absolute Gasteiger partial charge is 0.303 e. The second-order valence-electron chi connectivity index (χ2n) is 5.19. The highest BCUT2D eigenvalue weighted by atomic mass is 15.2. The SMILES string of the molecule is CCC1CCCN1C(C)CC(C)(C#N)NC. The molecule has 3 atom stereocenters. The van der Waals surface area contributed by atoms with Gasteiger partial charge in [0.15, 0.2) is 0 Å². The summed E-state index contributed by atoms with van der Waals surface area (Å²) in [6, 6.07) is 3.60. The van der Waals surface area contributed by atoms with E-state index in [-0.39, 0.29) is 5.54 Å². The average Bonchev–Trinajstić information content (AvgIpc) is 2.76. The summed E-state index contributed by atoms with van der Waals surface area (Å²) in [5.41, 5.74) is -0.389. The van der Waals surface area contributed by atoms with Gasteiger partial charge in [0.1, 0.15) is 5.54 Å². The van der Waals surface area contributed by atoms with Gasteiger partial charge in [-0.05, 0) is 53.1 Å². The van der Waals surface area contributed by atoms with Crippen LogP contribution in [0.1, 0.15) is 46.5 Å². The van der Waals surface area contributed by atoms with Gasteiger partial charge in [0.25, 0.3) is 0 Å². The second kappa shape index (κ2) is 5.65. The second-order valence-corrected chi connectivity index (χ2v) is 5.19. The highest BCUT2D eigenvalue weighted by Gasteiger charge is 2.32. The fraction of sp³-hybridized carbons (Fsp3) is 0.923. The number of rotatable bonds is 5. The van der Waals surface area contributed by atoms with Gasteiger partial charge in [0.2, 0.25) is 0 Å². The molecule has 1 fully saturated rings. The van der Waals surface area contributed by atoms with Crippen molar-refractivity contribution in [2.75, 3.05) is 13.6 Å². The van der Waals surface area contributed by atoms with Crippen LogP contribution in [0.4, 0.5) is 0 Å². The number of likely N-dealkylation sites (tertiary alicyclic amines) is 1. The van der Waals surface area contributed by atoms with E-state index >= 15 is 0 Å². The first-order valence-corrected chi connectivity index (χ1v) is 6.42. The Balaban J connectivity index is 2.58. The molecular weight excluding hydrogens is 198 g/mol. The van der Waals surface area contributed by atoms with Crippen LogP contribution in [0.15, 0.2) is 0 Å². The van der Waals surface area contributed by atoms with Crippen molar-refractivity contribution >= 4 is 0 Å². The van der Waals surface area contributed by atoms with Crippen molar-refractivity contribution in [2.45, 2.75) is 64.1 Å². The summed E-state index contributed by atoms with van der Waals surface area (Å²) in [6.07, 6.45) is 4.76. The maximum absolute atomic E-state index is 9.17. The molecule has 0 spiro atoms. The van der Waals surface area contributed by atoms with Crippen molar-refractivity contribution < 1.29 is 0 Å². The molecule has 0 aliphatic carbocycles. The van der Waals surface area contributed by atoms with Crippen LogP contribution in [0.25, 0.3) is 0 Å². The van der Waals surface area contributed by atoms with Gasteiger partial charge < -0.3 is 5.32 Å². The molecule has 1 rings (SSSR count). The zero-order chi connectivity index (χ0) is 12.2. The van der Waals surface area contributed by atoms with Crippen LogP contribution in [-0.2, 0) is 0 Å². The van der Waals surface area contributed by atoms with Gasteiger partial charge in [-0.1, -0.05) is 6.92 Å². The summed E-state index contributed by atoms with van der Waals surface area (Å²) >= 11 is 0. The minimum absolute atomic E-state index is 0.389. The molecule has 0 radical (unpaired) electrons. The van der Waals surface area contributed by atoms with Gasteiger partial charge in [0.05, 0.1) is 6.07 Å². The molecule has 16 heavy (non-hydrogen) atoms. The predicted molar refractivity (Wildman–Crippen MR) is 67.2 cm³/mol. The van der Waals surface area contributed by atoms with Crippen LogP contribution in [0.3, 0.4) is 0 Å². The van der Waals surface area contributed by atoms with E-state index in [0.29, 0.717) is 6.04 Å². The fourth-order valence-corrected chi connectivity index (χ4v) is 2.79. The Kier molecular flexibility index (Phi) is 4.76. The highest BCUT2D eigenvalue weighted by Crippen LogP contribution is 2.26. The third-order valence-corrected chi connectivity index (χ3v) is 3.96. The maximum atomic E-state index is 9.17. The molecule has 0 aromatic rings. The Morgan fingerprint density at radius 2 is 2.31 bits per heavy atom. The monoisotopic (exact) mass is 223 g/mol. The van der Waals surface area contributed by atoms with Crippen LogP contribution in [0.5, 0.6) is 0 Å². The molecule has 0 amide bonds. The molecular formula is C13H25N3. The summed E-state index contributed by atoms with van der Waals surface area (Å²) in [6.45, 7) is 7.70. The van der Waals surface area contributed by atoms with Gasteiger partial charge in [-0.2, -0.15) is 5.26 Å². The van der Waals surface area contributed by atoms with E-state index in [0.717, 1.165) is 12.5 Å². The number of hydrogen-bond donors (Lipinski definition) is 1. The quantitative estimate of drug-likeness (QED) is 0.776. The molecule has 3 unspecified atom stereocenters. The Hall–Kier alpha value is -0.590. The zero-order valence-corrected chi connectivity index (χ0v) is 11.1. The summed E-state index contributed by atoms with van der Waals surface area (Å²) in [7, 11) is 1.87. The van der Waals surface area contributed by atoms with Gasteiger partial charge in [-0.3, -0.25) is 4.90 Å². The third kappa shape index (κ3) is 2.96. The predicted octanol–water partition coefficient (Wildman–Crippen LogP) is 2.14. The molecule has 1 aliphatic rings. The van der Waals surface area contributed by atoms with Crippen molar-refractivity contribution in [1.29, 1.82) is 5.26 Å². The van der Waals surface area contributed by atoms with Crippen LogP contribution < -0.4 is 5.32 Å². The number of nitrogens with one attached hydrogen (secondary N) is 1. The topological polar surface area (TPSA) is 39.1 Å². The number of hydrogen-bond acceptors (Lipinski definition) is 3. The summed E-state index contributed by atoms with van der Waals surface area (Å²) in [5, 5.41) is 12.3. The maximum Gasteiger partial charge on any atom is 0.105 e. The van der Waals surface area contributed by atoms with E-state index < -0.39 is 0 Å². The first-order valence-electron chi connectivity index (χ1n) is 6.42. The highest BCUT2D eigenvalue weighted by molar-refractivity contribution is 5.05. The lowest BCUT2D eigenvalue weighted by atomic mass is 9.94. The van der Waals surface area contributed by atoms with E-state index in [9.17, 15) is 0 Å². The smallest absolute Gasteiger partial charge is 0.105 e. The molecule has 1 saturated heterocycles. The molecule has 1 N–H and O–H groups in total. The van der Waals surface area contributed by atoms with Crippen LogP contribution in [-0.4, -0.2) is 36.1 Å². The van der Waals surface area contributed by atoms with Gasteiger partial charge >= 0.3 is 0 Å². The van der Waals surface area contributed by atoms with Gasteiger partial charge in [-0.15, -0.1) is 0 Å². The molecule has 92 valence electrons. The molecule has 0 aromatic carbocycles. The zero-order valence-electron chi connectivity index (χ0n) is 11.1. The third-order valence-electron chi connectivity index (χ3n) is 3.96. The molecule has 1 aliphatic heterocycles. The van der Waals surface area contributed by atoms with E-state index in [1.807, 2.05) is 14.0 Å². The lowest BCUT2D eigenvalue weighted by Crippen LogP contribution is -2.46. The van der Waals surface area contributed by atoms with E-state index in [1.54, 1.807) is 0 Å². The van der Waals surface area contributed by atoms with Gasteiger partial charge in [0, 0.05) is 12.1 Å². The first-order chi connectivity index (χ1) is 7.56. The van der Waals surface area contributed by atoms with Crippen LogP contribution in [0, 0.1) is 11.3 Å². The molecule has 0 bridgehead atoms. The van der Waals surface area contributed by atoms with Crippen molar-refractivity contribution in [2.24, 2.45) is 0 Å². The van der Waals surface area contributed by atoms with Crippen molar-refractivity contribution in [3.05, 3.63) is 0 Å². The van der Waals surface area contributed by atoms with Crippen LogP contribution in [0.2, 0.25) is 0 Å². The molecule has 0 aromatic heterocycles. The average molecular weight is 223 g/mol. The molecule has 3 heteroatoms. The molecule has 3 nitrogen and oxygen atoms in total. The lowest BCUT2D eigenvalue weighted by Gasteiger charge is -2.34. The minimum atomic E-state index is -0.389. The van der Waals surface area contributed by atoms with E-state index in [2.05, 4.69) is 30.1 Å². The fourth-order valence-electron chi connectivity index (χ4n) is 2.79. The Labute approximate surface area is 99.8 Å². The summed E-state index contributed by atoms with van der Waals surface area (Å²) < 4.78 is 0. The lowest BCUT2D eigenvalue weighted by molar-refractivity contribution is 0.160. The van der Waals surface area contributed by atoms with E-state index in [4.69, 9.17) is 5.26 Å². The Morgan fingerprint density at radius 3 is 2.81 bits per heavy atom. The van der Waals surface area contributed by atoms with Crippen LogP contribution >= 0.6 is 0 Å². The number of nitriles is 1. The molecule has 0 saturated carbocycles. The van der Waals surface area contributed by atoms with Crippen molar-refractivity contribution in [3.8, 4) is 6.07 Å². The van der Waals surface area contributed by atoms with Gasteiger partial charge in [-0.25, -0.2) is 0 Å². The summed E-state index contributed by atoms with van der Waals surface area (Å²) in [5.74, 6) is 0. The number of nitrogens with zero attached hydrogens (tertiary/aromatic N) is 2. The normalized spacial score (nSPS) is 27.3. The van der Waals surface area contributed by atoms with E-state index in [1.165, 1.54) is 25.8 Å². The standard InChI is InChI=1S/C13H25N3/c1-5-12-7-6-8-16(12)11(2)9-13(3,10-14)15-4/h11-12,15H,5-9H2,1-4H3. The Bertz CT molecular complexity index is 258. The van der Waals surface area contributed by atoms with Crippen molar-refractivity contribution in [3.63, 3.8) is 0 Å². The Morgan fingerprint density at radius 1 is 1.62 bits per heavy atom. The molecule has 1 heterocycles. The minimum Gasteiger partial charge on any atom is -0.303 e. The van der Waals surface area contributed by atoms with Crippen molar-refractivity contribution in [1.82, 2.24) is 10.2 Å². The summed E-state index contributed by atoms with van der Waals surface area (Å²) in [4.78, 5) is 2.58.